The Labute approximate surface area is 174 Å². The summed E-state index contributed by atoms with van der Waals surface area (Å²) in [5.41, 5.74) is 1.85. The first-order valence-electron chi connectivity index (χ1n) is 9.26. The number of thioether (sulfide) groups is 1. The van der Waals surface area contributed by atoms with Gasteiger partial charge < -0.3 is 15.4 Å². The van der Waals surface area contributed by atoms with Crippen molar-refractivity contribution in [3.05, 3.63) is 84.4 Å². The summed E-state index contributed by atoms with van der Waals surface area (Å²) in [4.78, 5) is 25.5. The summed E-state index contributed by atoms with van der Waals surface area (Å²) in [7, 11) is 0. The third-order valence-electron chi connectivity index (χ3n) is 3.97. The highest BCUT2D eigenvalue weighted by atomic mass is 32.2. The molecule has 5 nitrogen and oxygen atoms in total. The highest BCUT2D eigenvalue weighted by Crippen LogP contribution is 2.19. The Hall–Kier alpha value is -3.25. The molecule has 0 radical (unpaired) electrons. The van der Waals surface area contributed by atoms with Crippen LogP contribution >= 0.6 is 11.8 Å². The van der Waals surface area contributed by atoms with Gasteiger partial charge in [-0.3, -0.25) is 9.59 Å². The number of carbonyl (C=O) groups excluding carboxylic acids is 2. The van der Waals surface area contributed by atoms with Crippen molar-refractivity contribution in [2.45, 2.75) is 11.8 Å². The molecule has 0 fully saturated rings. The number of benzene rings is 3. The molecular formula is C23H22N2O3S. The number of ether oxygens (including phenoxy) is 1. The van der Waals surface area contributed by atoms with Gasteiger partial charge in [-0.15, -0.1) is 11.8 Å². The maximum Gasteiger partial charge on any atom is 0.255 e. The predicted octanol–water partition coefficient (Wildman–Crippen LogP) is 5.07. The molecule has 0 bridgehead atoms. The summed E-state index contributed by atoms with van der Waals surface area (Å²) in [6, 6.07) is 23.8. The number of hydrogen-bond donors (Lipinski definition) is 2. The van der Waals surface area contributed by atoms with Crippen LogP contribution in [0.15, 0.2) is 83.8 Å². The standard InChI is InChI=1S/C23H22N2O3S/c1-2-28-20-14-12-19(13-15-20)25-23(27)17-8-10-18(11-9-17)24-22(26)16-29-21-6-4-3-5-7-21/h3-15H,2,16H2,1H3,(H,24,26)(H,25,27). The van der Waals surface area contributed by atoms with Crippen LogP contribution in [0.2, 0.25) is 0 Å². The third-order valence-corrected chi connectivity index (χ3v) is 4.98. The van der Waals surface area contributed by atoms with Crippen molar-refractivity contribution >= 4 is 35.0 Å². The van der Waals surface area contributed by atoms with Gasteiger partial charge in [0.2, 0.25) is 5.91 Å². The van der Waals surface area contributed by atoms with Crippen LogP contribution in [-0.4, -0.2) is 24.2 Å². The Balaban J connectivity index is 1.51. The van der Waals surface area contributed by atoms with Crippen molar-refractivity contribution in [2.24, 2.45) is 0 Å². The van der Waals surface area contributed by atoms with Gasteiger partial charge in [0.15, 0.2) is 0 Å². The summed E-state index contributed by atoms with van der Waals surface area (Å²) in [6.45, 7) is 2.52. The first-order valence-corrected chi connectivity index (χ1v) is 10.2. The molecule has 0 heterocycles. The lowest BCUT2D eigenvalue weighted by Crippen LogP contribution is -2.15. The molecule has 0 aliphatic carbocycles. The number of nitrogens with one attached hydrogen (secondary N) is 2. The molecule has 0 aliphatic rings. The molecule has 0 unspecified atom stereocenters. The van der Waals surface area contributed by atoms with Crippen LogP contribution < -0.4 is 15.4 Å². The fourth-order valence-electron chi connectivity index (χ4n) is 2.57. The molecule has 0 aromatic heterocycles. The second-order valence-corrected chi connectivity index (χ2v) is 7.19. The van der Waals surface area contributed by atoms with E-state index in [4.69, 9.17) is 4.74 Å². The molecule has 2 N–H and O–H groups in total. The number of carbonyl (C=O) groups is 2. The Morgan fingerprint density at radius 1 is 0.828 bits per heavy atom. The zero-order valence-electron chi connectivity index (χ0n) is 16.1. The minimum Gasteiger partial charge on any atom is -0.494 e. The van der Waals surface area contributed by atoms with E-state index in [1.165, 1.54) is 11.8 Å². The average molecular weight is 407 g/mol. The Bertz CT molecular complexity index is 942. The van der Waals surface area contributed by atoms with Gasteiger partial charge in [0.25, 0.3) is 5.91 Å². The van der Waals surface area contributed by atoms with Gasteiger partial charge in [-0.1, -0.05) is 18.2 Å². The van der Waals surface area contributed by atoms with Crippen LogP contribution in [0.3, 0.4) is 0 Å². The lowest BCUT2D eigenvalue weighted by molar-refractivity contribution is -0.113. The minimum absolute atomic E-state index is 0.0922. The molecule has 0 saturated heterocycles. The van der Waals surface area contributed by atoms with Crippen molar-refractivity contribution in [1.29, 1.82) is 0 Å². The molecule has 0 spiro atoms. The largest absolute Gasteiger partial charge is 0.494 e. The molecule has 148 valence electrons. The maximum absolute atomic E-state index is 12.4. The molecule has 0 aliphatic heterocycles. The number of anilines is 2. The fourth-order valence-corrected chi connectivity index (χ4v) is 3.29. The monoisotopic (exact) mass is 406 g/mol. The van der Waals surface area contributed by atoms with Crippen LogP contribution in [0.5, 0.6) is 5.75 Å². The normalized spacial score (nSPS) is 10.2. The van der Waals surface area contributed by atoms with E-state index in [9.17, 15) is 9.59 Å². The van der Waals surface area contributed by atoms with Crippen LogP contribution in [0, 0.1) is 0 Å². The molecule has 3 aromatic carbocycles. The topological polar surface area (TPSA) is 67.4 Å². The van der Waals surface area contributed by atoms with Gasteiger partial charge in [0, 0.05) is 21.8 Å². The van der Waals surface area contributed by atoms with Crippen LogP contribution in [0.4, 0.5) is 11.4 Å². The molecule has 3 rings (SSSR count). The van der Waals surface area contributed by atoms with Crippen LogP contribution in [0.25, 0.3) is 0 Å². The van der Waals surface area contributed by atoms with Gasteiger partial charge in [-0.25, -0.2) is 0 Å². The van der Waals surface area contributed by atoms with E-state index in [0.717, 1.165) is 10.6 Å². The summed E-state index contributed by atoms with van der Waals surface area (Å²) in [6.07, 6.45) is 0. The van der Waals surface area contributed by atoms with E-state index in [1.807, 2.05) is 49.4 Å². The smallest absolute Gasteiger partial charge is 0.255 e. The fraction of sp³-hybridized carbons (Fsp3) is 0.130. The van der Waals surface area contributed by atoms with E-state index < -0.39 is 0 Å². The second-order valence-electron chi connectivity index (χ2n) is 6.14. The molecule has 29 heavy (non-hydrogen) atoms. The second kappa shape index (κ2) is 10.3. The SMILES string of the molecule is CCOc1ccc(NC(=O)c2ccc(NC(=O)CSc3ccccc3)cc2)cc1. The Morgan fingerprint density at radius 3 is 2.10 bits per heavy atom. The zero-order chi connectivity index (χ0) is 20.5. The third kappa shape index (κ3) is 6.40. The highest BCUT2D eigenvalue weighted by molar-refractivity contribution is 8.00. The summed E-state index contributed by atoms with van der Waals surface area (Å²) >= 11 is 1.48. The number of amides is 2. The number of rotatable bonds is 8. The minimum atomic E-state index is -0.216. The van der Waals surface area contributed by atoms with Gasteiger partial charge in [-0.2, -0.15) is 0 Å². The van der Waals surface area contributed by atoms with Gasteiger partial charge in [0.05, 0.1) is 12.4 Å². The van der Waals surface area contributed by atoms with E-state index >= 15 is 0 Å². The van der Waals surface area contributed by atoms with Gasteiger partial charge >= 0.3 is 0 Å². The first-order chi connectivity index (χ1) is 14.1. The van der Waals surface area contributed by atoms with Crippen LogP contribution in [-0.2, 0) is 4.79 Å². The summed E-state index contributed by atoms with van der Waals surface area (Å²) in [5.74, 6) is 0.775. The molecule has 2 amide bonds. The first kappa shape index (κ1) is 20.5. The zero-order valence-corrected chi connectivity index (χ0v) is 16.9. The molecule has 0 saturated carbocycles. The summed E-state index contributed by atoms with van der Waals surface area (Å²) < 4.78 is 5.39. The summed E-state index contributed by atoms with van der Waals surface area (Å²) in [5, 5.41) is 5.68. The van der Waals surface area contributed by atoms with Crippen molar-refractivity contribution < 1.29 is 14.3 Å². The Morgan fingerprint density at radius 2 is 1.45 bits per heavy atom. The van der Waals surface area contributed by atoms with Crippen LogP contribution in [0.1, 0.15) is 17.3 Å². The quantitative estimate of drug-likeness (QED) is 0.513. The van der Waals surface area contributed by atoms with Crippen molar-refractivity contribution in [3.63, 3.8) is 0 Å². The predicted molar refractivity (Wildman–Crippen MR) is 118 cm³/mol. The molecule has 3 aromatic rings. The lowest BCUT2D eigenvalue weighted by Gasteiger charge is -2.09. The van der Waals surface area contributed by atoms with E-state index in [2.05, 4.69) is 10.6 Å². The average Bonchev–Trinajstić information content (AvgIpc) is 2.75. The van der Waals surface area contributed by atoms with Crippen molar-refractivity contribution in [3.8, 4) is 5.75 Å². The van der Waals surface area contributed by atoms with Crippen molar-refractivity contribution in [1.82, 2.24) is 0 Å². The lowest BCUT2D eigenvalue weighted by atomic mass is 10.2. The van der Waals surface area contributed by atoms with Gasteiger partial charge in [-0.05, 0) is 67.6 Å². The van der Waals surface area contributed by atoms with Crippen molar-refractivity contribution in [2.75, 3.05) is 23.0 Å². The van der Waals surface area contributed by atoms with E-state index in [1.54, 1.807) is 36.4 Å². The highest BCUT2D eigenvalue weighted by Gasteiger charge is 2.08. The maximum atomic E-state index is 12.4. The van der Waals surface area contributed by atoms with E-state index in [-0.39, 0.29) is 11.8 Å². The molecule has 6 heteroatoms. The number of hydrogen-bond acceptors (Lipinski definition) is 4. The molecule has 0 atom stereocenters. The van der Waals surface area contributed by atoms with Gasteiger partial charge in [0.1, 0.15) is 5.75 Å². The van der Waals surface area contributed by atoms with E-state index in [0.29, 0.717) is 29.3 Å². The Kier molecular flexibility index (Phi) is 7.30. The molecular weight excluding hydrogens is 384 g/mol.